The second-order valence-electron chi connectivity index (χ2n) is 4.27. The van der Waals surface area contributed by atoms with Gasteiger partial charge in [0.2, 0.25) is 0 Å². The van der Waals surface area contributed by atoms with E-state index in [2.05, 4.69) is 32.7 Å². The van der Waals surface area contributed by atoms with Crippen molar-refractivity contribution in [1.29, 1.82) is 0 Å². The molecule has 0 amide bonds. The molecule has 1 aromatic rings. The fraction of sp³-hybridized carbons (Fsp3) is 0.750. The Morgan fingerprint density at radius 2 is 2.11 bits per heavy atom. The van der Waals surface area contributed by atoms with Gasteiger partial charge in [0, 0.05) is 20.6 Å². The van der Waals surface area contributed by atoms with Gasteiger partial charge in [0.25, 0.3) is 0 Å². The van der Waals surface area contributed by atoms with Gasteiger partial charge in [-0.3, -0.25) is 4.99 Å². The average Bonchev–Trinajstić information content (AvgIpc) is 2.78. The fourth-order valence-electron chi connectivity index (χ4n) is 1.61. The maximum absolute atomic E-state index is 4.17. The maximum Gasteiger partial charge on any atom is 0.191 e. The Bertz CT molecular complexity index is 363. The Hall–Kier alpha value is -0.860. The van der Waals surface area contributed by atoms with Gasteiger partial charge in [-0.2, -0.15) is 0 Å². The van der Waals surface area contributed by atoms with Crippen LogP contribution in [0.15, 0.2) is 11.3 Å². The van der Waals surface area contributed by atoms with Crippen LogP contribution in [0.1, 0.15) is 38.4 Å². The van der Waals surface area contributed by atoms with Gasteiger partial charge in [0.05, 0.1) is 6.54 Å². The second kappa shape index (κ2) is 11.0. The molecule has 1 heterocycles. The lowest BCUT2D eigenvalue weighted by Gasteiger charge is -2.11. The van der Waals surface area contributed by atoms with E-state index in [1.807, 2.05) is 11.6 Å². The SMILES string of the molecule is CCCCCCNC(=NC)NCc1nncn1C.I. The summed E-state index contributed by atoms with van der Waals surface area (Å²) in [5.74, 6) is 1.71. The van der Waals surface area contributed by atoms with Crippen molar-refractivity contribution in [1.82, 2.24) is 25.4 Å². The fourth-order valence-corrected chi connectivity index (χ4v) is 1.61. The van der Waals surface area contributed by atoms with Crippen LogP contribution in [0.4, 0.5) is 0 Å². The lowest BCUT2D eigenvalue weighted by atomic mass is 10.2. The molecule has 0 radical (unpaired) electrons. The topological polar surface area (TPSA) is 67.1 Å². The lowest BCUT2D eigenvalue weighted by Crippen LogP contribution is -2.37. The first-order valence-corrected chi connectivity index (χ1v) is 6.55. The first-order valence-electron chi connectivity index (χ1n) is 6.55. The van der Waals surface area contributed by atoms with Crippen molar-refractivity contribution in [3.63, 3.8) is 0 Å². The number of guanidine groups is 1. The number of hydrogen-bond acceptors (Lipinski definition) is 3. The van der Waals surface area contributed by atoms with Gasteiger partial charge in [-0.25, -0.2) is 0 Å². The van der Waals surface area contributed by atoms with Crippen LogP contribution >= 0.6 is 24.0 Å². The molecule has 0 unspecified atom stereocenters. The van der Waals surface area contributed by atoms with Gasteiger partial charge in [-0.15, -0.1) is 34.2 Å². The van der Waals surface area contributed by atoms with Crippen molar-refractivity contribution in [2.75, 3.05) is 13.6 Å². The van der Waals surface area contributed by atoms with Crippen LogP contribution in [-0.2, 0) is 13.6 Å². The van der Waals surface area contributed by atoms with Gasteiger partial charge in [-0.1, -0.05) is 26.2 Å². The molecule has 0 aromatic carbocycles. The Morgan fingerprint density at radius 1 is 1.32 bits per heavy atom. The Morgan fingerprint density at radius 3 is 2.68 bits per heavy atom. The zero-order chi connectivity index (χ0) is 13.2. The molecule has 0 aliphatic rings. The third kappa shape index (κ3) is 7.34. The second-order valence-corrected chi connectivity index (χ2v) is 4.27. The summed E-state index contributed by atoms with van der Waals surface area (Å²) in [6.07, 6.45) is 6.70. The summed E-state index contributed by atoms with van der Waals surface area (Å²) in [6.45, 7) is 3.80. The van der Waals surface area contributed by atoms with Crippen LogP contribution in [-0.4, -0.2) is 34.3 Å². The molecule has 0 bridgehead atoms. The van der Waals surface area contributed by atoms with E-state index in [9.17, 15) is 0 Å². The molecule has 110 valence electrons. The van der Waals surface area contributed by atoms with Crippen molar-refractivity contribution >= 4 is 29.9 Å². The van der Waals surface area contributed by atoms with Crippen molar-refractivity contribution in [3.8, 4) is 0 Å². The highest BCUT2D eigenvalue weighted by molar-refractivity contribution is 14.0. The van der Waals surface area contributed by atoms with E-state index >= 15 is 0 Å². The van der Waals surface area contributed by atoms with Gasteiger partial charge in [0.1, 0.15) is 6.33 Å². The van der Waals surface area contributed by atoms with Crippen LogP contribution in [0.2, 0.25) is 0 Å². The molecule has 0 spiro atoms. The average molecular weight is 380 g/mol. The molecule has 1 rings (SSSR count). The zero-order valence-electron chi connectivity index (χ0n) is 12.0. The molecular weight excluding hydrogens is 355 g/mol. The molecule has 0 aliphatic carbocycles. The molecule has 0 aliphatic heterocycles. The predicted octanol–water partition coefficient (Wildman–Crippen LogP) is 1.68. The smallest absolute Gasteiger partial charge is 0.191 e. The summed E-state index contributed by atoms with van der Waals surface area (Å²) in [6, 6.07) is 0. The maximum atomic E-state index is 4.17. The third-order valence-electron chi connectivity index (χ3n) is 2.77. The number of aromatic nitrogens is 3. The summed E-state index contributed by atoms with van der Waals surface area (Å²) in [5.41, 5.74) is 0. The first-order chi connectivity index (χ1) is 8.77. The third-order valence-corrected chi connectivity index (χ3v) is 2.77. The van der Waals surface area contributed by atoms with Gasteiger partial charge in [-0.05, 0) is 6.42 Å². The minimum atomic E-state index is 0. The van der Waals surface area contributed by atoms with E-state index in [0.29, 0.717) is 6.54 Å². The molecule has 2 N–H and O–H groups in total. The number of halogens is 1. The standard InChI is InChI=1S/C12H24N6.HI/c1-4-5-6-7-8-14-12(13-2)15-9-11-17-16-10-18(11)3;/h10H,4-9H2,1-3H3,(H2,13,14,15);1H. The number of hydrogen-bond donors (Lipinski definition) is 2. The summed E-state index contributed by atoms with van der Waals surface area (Å²) in [7, 11) is 3.70. The van der Waals surface area contributed by atoms with E-state index in [1.165, 1.54) is 25.7 Å². The lowest BCUT2D eigenvalue weighted by molar-refractivity contribution is 0.643. The number of rotatable bonds is 7. The number of unbranched alkanes of at least 4 members (excludes halogenated alkanes) is 3. The molecule has 0 saturated heterocycles. The minimum absolute atomic E-state index is 0. The van der Waals surface area contributed by atoms with Gasteiger partial charge in [0.15, 0.2) is 11.8 Å². The summed E-state index contributed by atoms with van der Waals surface area (Å²) in [4.78, 5) is 4.17. The summed E-state index contributed by atoms with van der Waals surface area (Å²) < 4.78 is 1.89. The Labute approximate surface area is 132 Å². The highest BCUT2D eigenvalue weighted by Gasteiger charge is 2.02. The van der Waals surface area contributed by atoms with Crippen molar-refractivity contribution < 1.29 is 0 Å². The molecule has 0 fully saturated rings. The molecule has 6 nitrogen and oxygen atoms in total. The quantitative estimate of drug-likeness (QED) is 0.327. The summed E-state index contributed by atoms with van der Waals surface area (Å²) in [5, 5.41) is 14.4. The van der Waals surface area contributed by atoms with E-state index in [4.69, 9.17) is 0 Å². The highest BCUT2D eigenvalue weighted by atomic mass is 127. The molecule has 0 atom stereocenters. The monoisotopic (exact) mass is 380 g/mol. The molecule has 19 heavy (non-hydrogen) atoms. The van der Waals surface area contributed by atoms with Crippen LogP contribution in [0.25, 0.3) is 0 Å². The van der Waals surface area contributed by atoms with Crippen LogP contribution in [0.3, 0.4) is 0 Å². The number of nitrogens with zero attached hydrogens (tertiary/aromatic N) is 4. The van der Waals surface area contributed by atoms with E-state index in [0.717, 1.165) is 18.3 Å². The largest absolute Gasteiger partial charge is 0.356 e. The molecular formula is C12H25IN6. The van der Waals surface area contributed by atoms with Crippen LogP contribution < -0.4 is 10.6 Å². The Balaban J connectivity index is 0.00000324. The first kappa shape index (κ1) is 18.1. The number of aliphatic imine (C=N–C) groups is 1. The van der Waals surface area contributed by atoms with Crippen LogP contribution in [0, 0.1) is 0 Å². The van der Waals surface area contributed by atoms with Crippen LogP contribution in [0.5, 0.6) is 0 Å². The predicted molar refractivity (Wildman–Crippen MR) is 88.8 cm³/mol. The Kier molecular flexibility index (Phi) is 10.5. The minimum Gasteiger partial charge on any atom is -0.356 e. The normalized spacial score (nSPS) is 11.0. The zero-order valence-corrected chi connectivity index (χ0v) is 14.3. The highest BCUT2D eigenvalue weighted by Crippen LogP contribution is 1.97. The molecule has 0 saturated carbocycles. The van der Waals surface area contributed by atoms with Gasteiger partial charge >= 0.3 is 0 Å². The number of aryl methyl sites for hydroxylation is 1. The summed E-state index contributed by atoms with van der Waals surface area (Å²) >= 11 is 0. The molecule has 1 aromatic heterocycles. The molecule has 7 heteroatoms. The number of nitrogens with one attached hydrogen (secondary N) is 2. The van der Waals surface area contributed by atoms with E-state index in [1.54, 1.807) is 13.4 Å². The van der Waals surface area contributed by atoms with Crippen molar-refractivity contribution in [3.05, 3.63) is 12.2 Å². The van der Waals surface area contributed by atoms with Gasteiger partial charge < -0.3 is 15.2 Å². The van der Waals surface area contributed by atoms with Crippen molar-refractivity contribution in [2.45, 2.75) is 39.2 Å². The van der Waals surface area contributed by atoms with E-state index in [-0.39, 0.29) is 24.0 Å². The van der Waals surface area contributed by atoms with E-state index < -0.39 is 0 Å². The van der Waals surface area contributed by atoms with Crippen molar-refractivity contribution in [2.24, 2.45) is 12.0 Å².